The standard InChI is InChI=1S/C20H18F2N4S/c1-13-7-8-15(11-14(13)2)25-10-9-23-20(25)27-12-18-24-16-5-3-4-6-17(16)26(18)19(21)22/h3-11,19H,12H2,1-2H3. The molecular formula is C20H18F2N4S. The number of rotatable bonds is 5. The lowest BCUT2D eigenvalue weighted by Gasteiger charge is -2.10. The molecule has 0 spiro atoms. The first kappa shape index (κ1) is 17.7. The van der Waals surface area contributed by atoms with Gasteiger partial charge in [-0.2, -0.15) is 8.78 Å². The van der Waals surface area contributed by atoms with Gasteiger partial charge in [0.1, 0.15) is 5.82 Å². The van der Waals surface area contributed by atoms with E-state index >= 15 is 0 Å². The van der Waals surface area contributed by atoms with Crippen LogP contribution in [0.2, 0.25) is 0 Å². The summed E-state index contributed by atoms with van der Waals surface area (Å²) in [4.78, 5) is 8.78. The summed E-state index contributed by atoms with van der Waals surface area (Å²) in [6, 6.07) is 13.1. The van der Waals surface area contributed by atoms with Crippen LogP contribution in [0.1, 0.15) is 23.5 Å². The van der Waals surface area contributed by atoms with Crippen molar-refractivity contribution in [2.45, 2.75) is 31.3 Å². The molecule has 0 bridgehead atoms. The number of hydrogen-bond donors (Lipinski definition) is 0. The molecule has 2 aromatic heterocycles. The normalized spacial score (nSPS) is 11.6. The second-order valence-corrected chi connectivity index (χ2v) is 7.24. The molecule has 0 unspecified atom stereocenters. The molecule has 0 fully saturated rings. The zero-order chi connectivity index (χ0) is 19.0. The molecule has 7 heteroatoms. The van der Waals surface area contributed by atoms with Crippen LogP contribution in [-0.2, 0) is 5.75 Å². The second kappa shape index (κ2) is 7.15. The third kappa shape index (κ3) is 3.35. The Bertz CT molecular complexity index is 1100. The summed E-state index contributed by atoms with van der Waals surface area (Å²) in [6.07, 6.45) is 3.59. The number of nitrogens with zero attached hydrogens (tertiary/aromatic N) is 4. The predicted octanol–water partition coefficient (Wildman–Crippen LogP) is 5.53. The van der Waals surface area contributed by atoms with Crippen molar-refractivity contribution in [1.82, 2.24) is 19.1 Å². The van der Waals surface area contributed by atoms with Crippen LogP contribution in [-0.4, -0.2) is 19.1 Å². The molecule has 0 N–H and O–H groups in total. The zero-order valence-corrected chi connectivity index (χ0v) is 15.8. The van der Waals surface area contributed by atoms with Gasteiger partial charge in [-0.1, -0.05) is 30.0 Å². The third-order valence-corrected chi connectivity index (χ3v) is 5.53. The topological polar surface area (TPSA) is 35.6 Å². The maximum absolute atomic E-state index is 13.6. The summed E-state index contributed by atoms with van der Waals surface area (Å²) in [5.74, 6) is 0.645. The Balaban J connectivity index is 1.64. The molecule has 0 aliphatic heterocycles. The highest BCUT2D eigenvalue weighted by atomic mass is 32.2. The minimum absolute atomic E-state index is 0.306. The zero-order valence-electron chi connectivity index (χ0n) is 14.9. The minimum atomic E-state index is -2.63. The highest BCUT2D eigenvalue weighted by Crippen LogP contribution is 2.29. The quantitative estimate of drug-likeness (QED) is 0.425. The van der Waals surface area contributed by atoms with Crippen molar-refractivity contribution in [3.8, 4) is 5.69 Å². The van der Waals surface area contributed by atoms with Crippen molar-refractivity contribution < 1.29 is 8.78 Å². The summed E-state index contributed by atoms with van der Waals surface area (Å²) >= 11 is 1.39. The fourth-order valence-corrected chi connectivity index (χ4v) is 3.91. The van der Waals surface area contributed by atoms with E-state index in [1.807, 2.05) is 16.8 Å². The molecule has 4 nitrogen and oxygen atoms in total. The van der Waals surface area contributed by atoms with Crippen LogP contribution in [0.25, 0.3) is 16.7 Å². The molecule has 4 aromatic rings. The lowest BCUT2D eigenvalue weighted by Crippen LogP contribution is -2.04. The van der Waals surface area contributed by atoms with Gasteiger partial charge in [0.05, 0.1) is 16.8 Å². The van der Waals surface area contributed by atoms with E-state index in [1.54, 1.807) is 30.5 Å². The molecule has 0 radical (unpaired) electrons. The number of imidazole rings is 2. The molecule has 4 rings (SSSR count). The molecule has 0 atom stereocenters. The Labute approximate surface area is 159 Å². The Morgan fingerprint density at radius 1 is 1.07 bits per heavy atom. The number of thioether (sulfide) groups is 1. The van der Waals surface area contributed by atoms with E-state index in [0.29, 0.717) is 22.6 Å². The van der Waals surface area contributed by atoms with Crippen LogP contribution >= 0.6 is 11.8 Å². The number of aromatic nitrogens is 4. The average Bonchev–Trinajstić information content (AvgIpc) is 3.26. The Kier molecular flexibility index (Phi) is 4.70. The molecule has 0 saturated heterocycles. The van der Waals surface area contributed by atoms with Crippen molar-refractivity contribution in [1.29, 1.82) is 0 Å². The van der Waals surface area contributed by atoms with Gasteiger partial charge in [0.15, 0.2) is 5.16 Å². The Morgan fingerprint density at radius 2 is 1.89 bits per heavy atom. The number of fused-ring (bicyclic) bond motifs is 1. The first-order chi connectivity index (χ1) is 13.0. The van der Waals surface area contributed by atoms with E-state index < -0.39 is 6.55 Å². The summed E-state index contributed by atoms with van der Waals surface area (Å²) in [5, 5.41) is 0.742. The highest BCUT2D eigenvalue weighted by Gasteiger charge is 2.18. The van der Waals surface area contributed by atoms with Crippen LogP contribution in [0.5, 0.6) is 0 Å². The number of alkyl halides is 2. The van der Waals surface area contributed by atoms with Crippen molar-refractivity contribution >= 4 is 22.8 Å². The van der Waals surface area contributed by atoms with E-state index in [1.165, 1.54) is 22.9 Å². The van der Waals surface area contributed by atoms with E-state index in [-0.39, 0.29) is 0 Å². The van der Waals surface area contributed by atoms with Gasteiger partial charge < -0.3 is 0 Å². The van der Waals surface area contributed by atoms with Gasteiger partial charge in [-0.05, 0) is 49.2 Å². The summed E-state index contributed by atoms with van der Waals surface area (Å²) in [5.41, 5.74) is 4.43. The van der Waals surface area contributed by atoms with E-state index in [0.717, 1.165) is 15.4 Å². The number of para-hydroxylation sites is 2. The van der Waals surface area contributed by atoms with Gasteiger partial charge in [-0.3, -0.25) is 9.13 Å². The summed E-state index contributed by atoms with van der Waals surface area (Å²) in [6.45, 7) is 1.50. The van der Waals surface area contributed by atoms with Gasteiger partial charge in [-0.25, -0.2) is 9.97 Å². The number of hydrogen-bond acceptors (Lipinski definition) is 3. The summed E-state index contributed by atoms with van der Waals surface area (Å²) in [7, 11) is 0. The van der Waals surface area contributed by atoms with Crippen LogP contribution < -0.4 is 0 Å². The van der Waals surface area contributed by atoms with Gasteiger partial charge in [0.2, 0.25) is 0 Å². The molecule has 0 amide bonds. The third-order valence-electron chi connectivity index (χ3n) is 4.57. The van der Waals surface area contributed by atoms with Crippen LogP contribution in [0.4, 0.5) is 8.78 Å². The molecule has 0 aliphatic rings. The highest BCUT2D eigenvalue weighted by molar-refractivity contribution is 7.98. The fourth-order valence-electron chi connectivity index (χ4n) is 3.01. The second-order valence-electron chi connectivity index (χ2n) is 6.30. The Morgan fingerprint density at radius 3 is 2.67 bits per heavy atom. The van der Waals surface area contributed by atoms with E-state index in [2.05, 4.69) is 35.9 Å². The average molecular weight is 384 g/mol. The molecule has 0 saturated carbocycles. The lowest BCUT2D eigenvalue weighted by atomic mass is 10.1. The molecule has 2 heterocycles. The number of aryl methyl sites for hydroxylation is 2. The van der Waals surface area contributed by atoms with E-state index in [4.69, 9.17) is 0 Å². The number of benzene rings is 2. The van der Waals surface area contributed by atoms with Gasteiger partial charge >= 0.3 is 6.55 Å². The monoisotopic (exact) mass is 384 g/mol. The molecule has 27 heavy (non-hydrogen) atoms. The minimum Gasteiger partial charge on any atom is -0.295 e. The number of halogens is 2. The molecular weight excluding hydrogens is 366 g/mol. The van der Waals surface area contributed by atoms with Gasteiger partial charge in [0.25, 0.3) is 0 Å². The molecule has 2 aromatic carbocycles. The maximum Gasteiger partial charge on any atom is 0.320 e. The summed E-state index contributed by atoms with van der Waals surface area (Å²) < 4.78 is 30.1. The first-order valence-electron chi connectivity index (χ1n) is 8.52. The lowest BCUT2D eigenvalue weighted by molar-refractivity contribution is 0.0722. The predicted molar refractivity (Wildman–Crippen MR) is 104 cm³/mol. The smallest absolute Gasteiger partial charge is 0.295 e. The van der Waals surface area contributed by atoms with Crippen molar-refractivity contribution in [3.63, 3.8) is 0 Å². The first-order valence-corrected chi connectivity index (χ1v) is 9.51. The van der Waals surface area contributed by atoms with Gasteiger partial charge in [0, 0.05) is 18.1 Å². The van der Waals surface area contributed by atoms with E-state index in [9.17, 15) is 8.78 Å². The maximum atomic E-state index is 13.6. The van der Waals surface area contributed by atoms with Crippen molar-refractivity contribution in [3.05, 3.63) is 71.8 Å². The Hall–Kier alpha value is -2.67. The molecule has 138 valence electrons. The SMILES string of the molecule is Cc1ccc(-n2ccnc2SCc2nc3ccccc3n2C(F)F)cc1C. The van der Waals surface area contributed by atoms with Crippen LogP contribution in [0.15, 0.2) is 60.0 Å². The van der Waals surface area contributed by atoms with Gasteiger partial charge in [-0.15, -0.1) is 0 Å². The van der Waals surface area contributed by atoms with Crippen molar-refractivity contribution in [2.75, 3.05) is 0 Å². The van der Waals surface area contributed by atoms with Crippen LogP contribution in [0, 0.1) is 13.8 Å². The molecule has 0 aliphatic carbocycles. The largest absolute Gasteiger partial charge is 0.320 e. The van der Waals surface area contributed by atoms with Crippen molar-refractivity contribution in [2.24, 2.45) is 0 Å². The van der Waals surface area contributed by atoms with Crippen LogP contribution in [0.3, 0.4) is 0 Å². The fraction of sp³-hybridized carbons (Fsp3) is 0.200.